The fraction of sp³-hybridized carbons (Fsp3) is 0.238. The number of benzene rings is 2. The number of hydrogen-bond donors (Lipinski definition) is 1. The molecule has 0 radical (unpaired) electrons. The van der Waals surface area contributed by atoms with Gasteiger partial charge in [-0.2, -0.15) is 4.98 Å². The highest BCUT2D eigenvalue weighted by atomic mass is 16.5. The van der Waals surface area contributed by atoms with E-state index in [-0.39, 0.29) is 18.4 Å². The molecule has 1 aromatic heterocycles. The number of hydrogen-bond acceptors (Lipinski definition) is 6. The number of nitrogens with zero attached hydrogens (tertiary/aromatic N) is 3. The smallest absolute Gasteiger partial charge is 0.251 e. The summed E-state index contributed by atoms with van der Waals surface area (Å²) in [6.07, 6.45) is 1.44. The van der Waals surface area contributed by atoms with Crippen LogP contribution in [0.4, 0.5) is 5.69 Å². The minimum atomic E-state index is -0.259. The molecule has 0 saturated carbocycles. The van der Waals surface area contributed by atoms with Crippen molar-refractivity contribution >= 4 is 17.5 Å². The van der Waals surface area contributed by atoms with Crippen LogP contribution in [0.15, 0.2) is 53.1 Å². The number of carbonyl (C=O) groups is 2. The van der Waals surface area contributed by atoms with Crippen LogP contribution in [0, 0.1) is 0 Å². The van der Waals surface area contributed by atoms with Gasteiger partial charge < -0.3 is 19.5 Å². The van der Waals surface area contributed by atoms with E-state index in [1.165, 1.54) is 0 Å². The van der Waals surface area contributed by atoms with E-state index in [0.717, 1.165) is 24.2 Å². The molecule has 3 aromatic rings. The van der Waals surface area contributed by atoms with Gasteiger partial charge in [0.2, 0.25) is 17.6 Å². The highest BCUT2D eigenvalue weighted by molar-refractivity contribution is 5.97. The van der Waals surface area contributed by atoms with Gasteiger partial charge in [-0.25, -0.2) is 0 Å². The lowest BCUT2D eigenvalue weighted by atomic mass is 10.2. The lowest BCUT2D eigenvalue weighted by Crippen LogP contribution is -2.25. The van der Waals surface area contributed by atoms with Gasteiger partial charge in [-0.1, -0.05) is 17.3 Å². The number of methoxy groups -OCH3 is 1. The Kier molecular flexibility index (Phi) is 5.24. The number of anilines is 1. The summed E-state index contributed by atoms with van der Waals surface area (Å²) >= 11 is 0. The zero-order valence-electron chi connectivity index (χ0n) is 15.9. The Morgan fingerprint density at radius 2 is 2.07 bits per heavy atom. The second-order valence-corrected chi connectivity index (χ2v) is 6.62. The summed E-state index contributed by atoms with van der Waals surface area (Å²) in [5.41, 5.74) is 2.06. The standard InChI is InChI=1S/C21H20N4O4/c1-28-17-5-2-4-15(12-17)20-23-18(29-24-20)13-22-21(27)14-7-9-16(10-8-14)25-11-3-6-19(25)26/h2,4-5,7-10,12H,3,6,11,13H2,1H3,(H,22,27). The van der Waals surface area contributed by atoms with Crippen LogP contribution in [-0.2, 0) is 11.3 Å². The molecule has 2 amide bonds. The van der Waals surface area contributed by atoms with Crippen molar-refractivity contribution in [2.24, 2.45) is 0 Å². The van der Waals surface area contributed by atoms with E-state index in [2.05, 4.69) is 15.5 Å². The summed E-state index contributed by atoms with van der Waals surface area (Å²) in [7, 11) is 1.59. The third-order valence-corrected chi connectivity index (χ3v) is 4.71. The van der Waals surface area contributed by atoms with Crippen molar-refractivity contribution in [3.63, 3.8) is 0 Å². The van der Waals surface area contributed by atoms with E-state index >= 15 is 0 Å². The Labute approximate surface area is 167 Å². The predicted octanol–water partition coefficient (Wildman–Crippen LogP) is 2.80. The second kappa shape index (κ2) is 8.14. The third-order valence-electron chi connectivity index (χ3n) is 4.71. The monoisotopic (exact) mass is 392 g/mol. The van der Waals surface area contributed by atoms with Gasteiger partial charge in [0.05, 0.1) is 13.7 Å². The molecule has 1 fully saturated rings. The zero-order chi connectivity index (χ0) is 20.2. The maximum Gasteiger partial charge on any atom is 0.251 e. The Hall–Kier alpha value is -3.68. The van der Waals surface area contributed by atoms with E-state index in [9.17, 15) is 9.59 Å². The third kappa shape index (κ3) is 4.11. The van der Waals surface area contributed by atoms with Gasteiger partial charge in [-0.05, 0) is 42.8 Å². The highest BCUT2D eigenvalue weighted by Crippen LogP contribution is 2.22. The van der Waals surface area contributed by atoms with Gasteiger partial charge >= 0.3 is 0 Å². The van der Waals surface area contributed by atoms with Gasteiger partial charge in [0.1, 0.15) is 5.75 Å². The van der Waals surface area contributed by atoms with Crippen molar-refractivity contribution < 1.29 is 18.8 Å². The minimum Gasteiger partial charge on any atom is -0.497 e. The molecule has 29 heavy (non-hydrogen) atoms. The van der Waals surface area contributed by atoms with Gasteiger partial charge in [-0.3, -0.25) is 9.59 Å². The van der Waals surface area contributed by atoms with Gasteiger partial charge in [0, 0.05) is 29.8 Å². The quantitative estimate of drug-likeness (QED) is 0.693. The van der Waals surface area contributed by atoms with Crippen LogP contribution in [0.3, 0.4) is 0 Å². The molecule has 0 bridgehead atoms. The molecule has 1 aliphatic rings. The Balaban J connectivity index is 1.37. The Morgan fingerprint density at radius 1 is 1.24 bits per heavy atom. The normalized spacial score (nSPS) is 13.6. The first-order chi connectivity index (χ1) is 14.1. The fourth-order valence-corrected chi connectivity index (χ4v) is 3.18. The largest absolute Gasteiger partial charge is 0.497 e. The second-order valence-electron chi connectivity index (χ2n) is 6.62. The number of amides is 2. The average Bonchev–Trinajstić information content (AvgIpc) is 3.41. The molecular formula is C21H20N4O4. The number of rotatable bonds is 6. The van der Waals surface area contributed by atoms with Crippen molar-refractivity contribution in [2.45, 2.75) is 19.4 Å². The average molecular weight is 392 g/mol. The summed E-state index contributed by atoms with van der Waals surface area (Å²) in [5, 5.41) is 6.70. The number of aromatic nitrogens is 2. The lowest BCUT2D eigenvalue weighted by molar-refractivity contribution is -0.117. The Morgan fingerprint density at radius 3 is 2.79 bits per heavy atom. The summed E-state index contributed by atoms with van der Waals surface area (Å²) in [4.78, 5) is 30.2. The molecule has 0 aliphatic carbocycles. The molecule has 0 unspecified atom stereocenters. The van der Waals surface area contributed by atoms with Crippen LogP contribution in [0.1, 0.15) is 29.1 Å². The first-order valence-electron chi connectivity index (χ1n) is 9.29. The molecule has 8 heteroatoms. The van der Waals surface area contributed by atoms with E-state index in [0.29, 0.717) is 29.4 Å². The van der Waals surface area contributed by atoms with Crippen molar-refractivity contribution in [1.82, 2.24) is 15.5 Å². The van der Waals surface area contributed by atoms with Gasteiger partial charge in [0.25, 0.3) is 5.91 Å². The molecule has 1 saturated heterocycles. The molecule has 148 valence electrons. The Bertz CT molecular complexity index is 1030. The van der Waals surface area contributed by atoms with Gasteiger partial charge in [0.15, 0.2) is 0 Å². The van der Waals surface area contributed by atoms with Crippen molar-refractivity contribution in [1.29, 1.82) is 0 Å². The summed E-state index contributed by atoms with van der Waals surface area (Å²) in [6, 6.07) is 14.3. The summed E-state index contributed by atoms with van der Waals surface area (Å²) in [5.74, 6) is 1.28. The SMILES string of the molecule is COc1cccc(-c2noc(CNC(=O)c3ccc(N4CCCC4=O)cc3)n2)c1. The number of ether oxygens (including phenoxy) is 1. The predicted molar refractivity (Wildman–Crippen MR) is 105 cm³/mol. The van der Waals surface area contributed by atoms with Crippen LogP contribution < -0.4 is 15.0 Å². The molecule has 1 aliphatic heterocycles. The van der Waals surface area contributed by atoms with Crippen molar-refractivity contribution in [2.75, 3.05) is 18.6 Å². The van der Waals surface area contributed by atoms with E-state index in [1.807, 2.05) is 18.2 Å². The maximum atomic E-state index is 12.4. The topological polar surface area (TPSA) is 97.6 Å². The molecular weight excluding hydrogens is 372 g/mol. The highest BCUT2D eigenvalue weighted by Gasteiger charge is 2.21. The molecule has 8 nitrogen and oxygen atoms in total. The zero-order valence-corrected chi connectivity index (χ0v) is 15.9. The molecule has 0 spiro atoms. The first kappa shape index (κ1) is 18.7. The van der Waals surface area contributed by atoms with E-state index < -0.39 is 0 Å². The maximum absolute atomic E-state index is 12.4. The molecule has 2 heterocycles. The van der Waals surface area contributed by atoms with Gasteiger partial charge in [-0.15, -0.1) is 0 Å². The molecule has 2 aromatic carbocycles. The van der Waals surface area contributed by atoms with Crippen molar-refractivity contribution in [3.8, 4) is 17.1 Å². The van der Waals surface area contributed by atoms with Crippen LogP contribution in [0.5, 0.6) is 5.75 Å². The first-order valence-corrected chi connectivity index (χ1v) is 9.29. The number of nitrogens with one attached hydrogen (secondary N) is 1. The summed E-state index contributed by atoms with van der Waals surface area (Å²) in [6.45, 7) is 0.833. The van der Waals surface area contributed by atoms with Crippen LogP contribution in [0.2, 0.25) is 0 Å². The molecule has 4 rings (SSSR count). The summed E-state index contributed by atoms with van der Waals surface area (Å²) < 4.78 is 10.4. The fourth-order valence-electron chi connectivity index (χ4n) is 3.18. The molecule has 0 atom stereocenters. The molecule has 1 N–H and O–H groups in total. The van der Waals surface area contributed by atoms with Crippen LogP contribution >= 0.6 is 0 Å². The van der Waals surface area contributed by atoms with E-state index in [1.54, 1.807) is 42.3 Å². The minimum absolute atomic E-state index is 0.113. The van der Waals surface area contributed by atoms with Crippen LogP contribution in [0.25, 0.3) is 11.4 Å². The lowest BCUT2D eigenvalue weighted by Gasteiger charge is -2.15. The van der Waals surface area contributed by atoms with E-state index in [4.69, 9.17) is 9.26 Å². The van der Waals surface area contributed by atoms with Crippen LogP contribution in [-0.4, -0.2) is 35.6 Å². The van der Waals surface area contributed by atoms with Crippen molar-refractivity contribution in [3.05, 3.63) is 60.0 Å². The number of carbonyl (C=O) groups excluding carboxylic acids is 2.